The first-order chi connectivity index (χ1) is 11.1. The van der Waals surface area contributed by atoms with E-state index in [4.69, 9.17) is 4.74 Å². The van der Waals surface area contributed by atoms with E-state index in [1.54, 1.807) is 23.8 Å². The Morgan fingerprint density at radius 2 is 1.83 bits per heavy atom. The second kappa shape index (κ2) is 8.63. The van der Waals surface area contributed by atoms with Gasteiger partial charge in [0.25, 0.3) is 0 Å². The monoisotopic (exact) mass is 329 g/mol. The number of carbonyl (C=O) groups is 1. The fourth-order valence-corrected chi connectivity index (χ4v) is 3.15. The van der Waals surface area contributed by atoms with Crippen LogP contribution < -0.4 is 4.74 Å². The summed E-state index contributed by atoms with van der Waals surface area (Å²) in [7, 11) is 3.49. The summed E-state index contributed by atoms with van der Waals surface area (Å²) in [5.41, 5.74) is 3.53. The average Bonchev–Trinajstić information content (AvgIpc) is 2.57. The van der Waals surface area contributed by atoms with Gasteiger partial charge in [-0.2, -0.15) is 0 Å². The number of nitrogens with zero attached hydrogens (tertiary/aromatic N) is 1. The summed E-state index contributed by atoms with van der Waals surface area (Å²) in [6.45, 7) is 2.64. The normalized spacial score (nSPS) is 10.4. The first-order valence-corrected chi connectivity index (χ1v) is 8.74. The van der Waals surface area contributed by atoms with Crippen molar-refractivity contribution in [3.05, 3.63) is 65.2 Å². The zero-order valence-electron chi connectivity index (χ0n) is 13.9. The van der Waals surface area contributed by atoms with Gasteiger partial charge in [0.1, 0.15) is 5.75 Å². The lowest BCUT2D eigenvalue weighted by atomic mass is 10.2. The Morgan fingerprint density at radius 3 is 2.52 bits per heavy atom. The average molecular weight is 329 g/mol. The van der Waals surface area contributed by atoms with Gasteiger partial charge < -0.3 is 9.64 Å². The van der Waals surface area contributed by atoms with E-state index in [0.29, 0.717) is 12.3 Å². The quantitative estimate of drug-likeness (QED) is 0.772. The number of thioether (sulfide) groups is 1. The Balaban J connectivity index is 1.81. The molecule has 122 valence electrons. The molecule has 0 heterocycles. The molecule has 0 bridgehead atoms. The van der Waals surface area contributed by atoms with Crippen molar-refractivity contribution in [1.82, 2.24) is 4.90 Å². The molecule has 2 rings (SSSR count). The maximum Gasteiger partial charge on any atom is 0.232 e. The molecule has 0 N–H and O–H groups in total. The number of ether oxygens (including phenoxy) is 1. The summed E-state index contributed by atoms with van der Waals surface area (Å²) in [6.07, 6.45) is 0. The van der Waals surface area contributed by atoms with E-state index in [9.17, 15) is 4.79 Å². The minimum Gasteiger partial charge on any atom is -0.496 e. The minimum atomic E-state index is 0.132. The fraction of sp³-hybridized carbons (Fsp3) is 0.316. The van der Waals surface area contributed by atoms with Gasteiger partial charge in [-0.25, -0.2) is 0 Å². The maximum absolute atomic E-state index is 12.3. The third-order valence-corrected chi connectivity index (χ3v) is 4.63. The lowest BCUT2D eigenvalue weighted by Crippen LogP contribution is -2.28. The molecule has 2 aromatic rings. The Morgan fingerprint density at radius 1 is 1.13 bits per heavy atom. The van der Waals surface area contributed by atoms with Crippen LogP contribution in [0.2, 0.25) is 0 Å². The Bertz CT molecular complexity index is 640. The predicted octanol–water partition coefficient (Wildman–Crippen LogP) is 3.90. The Kier molecular flexibility index (Phi) is 6.53. The second-order valence-electron chi connectivity index (χ2n) is 5.54. The molecule has 0 fully saturated rings. The first kappa shape index (κ1) is 17.4. The molecule has 0 saturated carbocycles. The molecule has 4 heteroatoms. The predicted molar refractivity (Wildman–Crippen MR) is 96.8 cm³/mol. The number of hydrogen-bond acceptors (Lipinski definition) is 3. The lowest BCUT2D eigenvalue weighted by Gasteiger charge is -2.18. The molecule has 0 radical (unpaired) electrons. The molecule has 1 amide bonds. The summed E-state index contributed by atoms with van der Waals surface area (Å²) in [4.78, 5) is 14.0. The topological polar surface area (TPSA) is 29.5 Å². The van der Waals surface area contributed by atoms with Crippen LogP contribution in [0.15, 0.2) is 48.5 Å². The third kappa shape index (κ3) is 5.32. The number of hydrogen-bond donors (Lipinski definition) is 0. The van der Waals surface area contributed by atoms with E-state index in [1.807, 2.05) is 31.3 Å². The van der Waals surface area contributed by atoms with Crippen LogP contribution in [0.1, 0.15) is 16.7 Å². The summed E-state index contributed by atoms with van der Waals surface area (Å²) in [5, 5.41) is 0. The van der Waals surface area contributed by atoms with Gasteiger partial charge in [-0.05, 0) is 18.6 Å². The molecule has 0 aromatic heterocycles. The molecule has 0 spiro atoms. The van der Waals surface area contributed by atoms with Gasteiger partial charge in [0, 0.05) is 24.9 Å². The number of amides is 1. The second-order valence-corrected chi connectivity index (χ2v) is 6.53. The van der Waals surface area contributed by atoms with E-state index in [0.717, 1.165) is 17.1 Å². The van der Waals surface area contributed by atoms with Gasteiger partial charge in [0.15, 0.2) is 0 Å². The van der Waals surface area contributed by atoms with Crippen LogP contribution in [0, 0.1) is 6.92 Å². The first-order valence-electron chi connectivity index (χ1n) is 7.59. The number of rotatable bonds is 7. The van der Waals surface area contributed by atoms with E-state index in [-0.39, 0.29) is 5.91 Å². The van der Waals surface area contributed by atoms with Crippen LogP contribution in [0.4, 0.5) is 0 Å². The molecule has 0 aliphatic carbocycles. The van der Waals surface area contributed by atoms with Crippen molar-refractivity contribution in [2.24, 2.45) is 0 Å². The van der Waals surface area contributed by atoms with Crippen LogP contribution in [-0.4, -0.2) is 30.7 Å². The van der Waals surface area contributed by atoms with Crippen molar-refractivity contribution in [3.63, 3.8) is 0 Å². The molecule has 0 aliphatic heterocycles. The molecular weight excluding hydrogens is 306 g/mol. The SMILES string of the molecule is COc1ccccc1CN(C)C(=O)CSCc1ccc(C)cc1. The van der Waals surface area contributed by atoms with E-state index < -0.39 is 0 Å². The zero-order chi connectivity index (χ0) is 16.7. The minimum absolute atomic E-state index is 0.132. The smallest absolute Gasteiger partial charge is 0.232 e. The highest BCUT2D eigenvalue weighted by atomic mass is 32.2. The van der Waals surface area contributed by atoms with E-state index >= 15 is 0 Å². The van der Waals surface area contributed by atoms with Crippen LogP contribution >= 0.6 is 11.8 Å². The Hall–Kier alpha value is -1.94. The maximum atomic E-state index is 12.3. The number of aryl methyl sites for hydroxylation is 1. The van der Waals surface area contributed by atoms with Crippen molar-refractivity contribution in [2.45, 2.75) is 19.2 Å². The highest BCUT2D eigenvalue weighted by Crippen LogP contribution is 2.19. The number of carbonyl (C=O) groups excluding carboxylic acids is 1. The largest absolute Gasteiger partial charge is 0.496 e. The molecule has 0 atom stereocenters. The van der Waals surface area contributed by atoms with Gasteiger partial charge in [-0.1, -0.05) is 48.0 Å². The molecule has 0 unspecified atom stereocenters. The van der Waals surface area contributed by atoms with Crippen LogP contribution in [0.3, 0.4) is 0 Å². The highest BCUT2D eigenvalue weighted by Gasteiger charge is 2.11. The summed E-state index contributed by atoms with van der Waals surface area (Å²) < 4.78 is 5.33. The Labute approximate surface area is 142 Å². The zero-order valence-corrected chi connectivity index (χ0v) is 14.7. The van der Waals surface area contributed by atoms with Crippen molar-refractivity contribution in [1.29, 1.82) is 0 Å². The van der Waals surface area contributed by atoms with Gasteiger partial charge >= 0.3 is 0 Å². The molecule has 0 saturated heterocycles. The van der Waals surface area contributed by atoms with Gasteiger partial charge in [0.05, 0.1) is 12.9 Å². The number of para-hydroxylation sites is 1. The summed E-state index contributed by atoms with van der Waals surface area (Å²) in [5.74, 6) is 2.29. The number of methoxy groups -OCH3 is 1. The van der Waals surface area contributed by atoms with E-state index in [2.05, 4.69) is 31.2 Å². The van der Waals surface area contributed by atoms with Gasteiger partial charge in [-0.3, -0.25) is 4.79 Å². The van der Waals surface area contributed by atoms with Crippen molar-refractivity contribution in [2.75, 3.05) is 19.9 Å². The molecule has 2 aromatic carbocycles. The van der Waals surface area contributed by atoms with Crippen LogP contribution in [0.25, 0.3) is 0 Å². The van der Waals surface area contributed by atoms with Crippen molar-refractivity contribution < 1.29 is 9.53 Å². The van der Waals surface area contributed by atoms with Gasteiger partial charge in [0.2, 0.25) is 5.91 Å². The van der Waals surface area contributed by atoms with Crippen molar-refractivity contribution >= 4 is 17.7 Å². The lowest BCUT2D eigenvalue weighted by molar-refractivity contribution is -0.127. The van der Waals surface area contributed by atoms with Crippen LogP contribution in [-0.2, 0) is 17.1 Å². The highest BCUT2D eigenvalue weighted by molar-refractivity contribution is 7.99. The van der Waals surface area contributed by atoms with E-state index in [1.165, 1.54) is 11.1 Å². The summed E-state index contributed by atoms with van der Waals surface area (Å²) in [6, 6.07) is 16.2. The summed E-state index contributed by atoms with van der Waals surface area (Å²) >= 11 is 1.65. The third-order valence-electron chi connectivity index (χ3n) is 3.64. The molecule has 23 heavy (non-hydrogen) atoms. The van der Waals surface area contributed by atoms with Gasteiger partial charge in [-0.15, -0.1) is 11.8 Å². The molecule has 0 aliphatic rings. The number of benzene rings is 2. The van der Waals surface area contributed by atoms with Crippen LogP contribution in [0.5, 0.6) is 5.75 Å². The van der Waals surface area contributed by atoms with Crippen molar-refractivity contribution in [3.8, 4) is 5.75 Å². The molecular formula is C19H23NO2S. The molecule has 3 nitrogen and oxygen atoms in total. The standard InChI is InChI=1S/C19H23NO2S/c1-15-8-10-16(11-9-15)13-23-14-19(21)20(2)12-17-6-4-5-7-18(17)22-3/h4-11H,12-14H2,1-3H3. The fourth-order valence-electron chi connectivity index (χ4n) is 2.23.